The number of ether oxygens (including phenoxy) is 2. The molecule has 0 saturated heterocycles. The van der Waals surface area contributed by atoms with Crippen LogP contribution < -0.4 is 15.4 Å². The summed E-state index contributed by atoms with van der Waals surface area (Å²) in [5.74, 6) is -0.0524. The lowest BCUT2D eigenvalue weighted by Gasteiger charge is -2.37. The fourth-order valence-electron chi connectivity index (χ4n) is 3.65. The summed E-state index contributed by atoms with van der Waals surface area (Å²) >= 11 is 5.52. The highest BCUT2D eigenvalue weighted by Gasteiger charge is 2.34. The number of rotatable bonds is 7. The summed E-state index contributed by atoms with van der Waals surface area (Å²) in [6.45, 7) is 6.51. The Morgan fingerprint density at radius 3 is 2.59 bits per heavy atom. The van der Waals surface area contributed by atoms with Crippen LogP contribution in [0.1, 0.15) is 42.7 Å². The van der Waals surface area contributed by atoms with Crippen molar-refractivity contribution in [2.24, 2.45) is 0 Å². The van der Waals surface area contributed by atoms with E-state index >= 15 is 0 Å². The second-order valence-electron chi connectivity index (χ2n) is 7.16. The number of amides is 1. The average molecular weight is 454 g/mol. The van der Waals surface area contributed by atoms with Crippen LogP contribution >= 0.6 is 12.2 Å². The Labute approximate surface area is 193 Å². The predicted molar refractivity (Wildman–Crippen MR) is 128 cm³/mol. The van der Waals surface area contributed by atoms with Crippen LogP contribution in [0.15, 0.2) is 59.8 Å². The summed E-state index contributed by atoms with van der Waals surface area (Å²) < 4.78 is 10.5. The highest BCUT2D eigenvalue weighted by Crippen LogP contribution is 2.32. The molecular formula is C24H27N3O4S. The van der Waals surface area contributed by atoms with Crippen LogP contribution in [0, 0.1) is 0 Å². The molecule has 0 fully saturated rings. The summed E-state index contributed by atoms with van der Waals surface area (Å²) in [7, 11) is 1.55. The molecule has 32 heavy (non-hydrogen) atoms. The first kappa shape index (κ1) is 23.3. The van der Waals surface area contributed by atoms with E-state index < -0.39 is 12.0 Å². The molecule has 2 aromatic carbocycles. The maximum absolute atomic E-state index is 12.8. The summed E-state index contributed by atoms with van der Waals surface area (Å²) in [5.41, 5.74) is 3.12. The van der Waals surface area contributed by atoms with Crippen molar-refractivity contribution >= 4 is 34.9 Å². The van der Waals surface area contributed by atoms with Gasteiger partial charge in [0.2, 0.25) is 0 Å². The number of carbonyl (C=O) groups is 2. The first-order valence-corrected chi connectivity index (χ1v) is 10.8. The smallest absolute Gasteiger partial charge is 0.338 e. The van der Waals surface area contributed by atoms with Gasteiger partial charge in [-0.2, -0.15) is 0 Å². The van der Waals surface area contributed by atoms with Gasteiger partial charge in [-0.25, -0.2) is 4.79 Å². The van der Waals surface area contributed by atoms with E-state index in [4.69, 9.17) is 21.7 Å². The van der Waals surface area contributed by atoms with Gasteiger partial charge in [0.15, 0.2) is 5.11 Å². The Hall–Kier alpha value is -3.39. The highest BCUT2D eigenvalue weighted by molar-refractivity contribution is 7.80. The number of methoxy groups -OCH3 is 1. The Bertz CT molecular complexity index is 1070. The molecule has 0 aromatic heterocycles. The van der Waals surface area contributed by atoms with Crippen molar-refractivity contribution in [3.8, 4) is 5.75 Å². The molecule has 1 heterocycles. The van der Waals surface area contributed by atoms with E-state index in [1.807, 2.05) is 36.9 Å². The molecule has 2 aromatic rings. The van der Waals surface area contributed by atoms with Crippen molar-refractivity contribution in [3.63, 3.8) is 0 Å². The average Bonchev–Trinajstić information content (AvgIpc) is 2.79. The quantitative estimate of drug-likeness (QED) is 0.484. The van der Waals surface area contributed by atoms with Crippen LogP contribution in [-0.2, 0) is 9.53 Å². The first-order chi connectivity index (χ1) is 15.4. The highest BCUT2D eigenvalue weighted by atomic mass is 32.1. The van der Waals surface area contributed by atoms with Crippen molar-refractivity contribution in [1.82, 2.24) is 10.2 Å². The van der Waals surface area contributed by atoms with E-state index in [-0.39, 0.29) is 12.5 Å². The Morgan fingerprint density at radius 1 is 1.16 bits per heavy atom. The maximum Gasteiger partial charge on any atom is 0.338 e. The second-order valence-corrected chi connectivity index (χ2v) is 7.54. The normalized spacial score (nSPS) is 15.8. The zero-order valence-corrected chi connectivity index (χ0v) is 19.4. The van der Waals surface area contributed by atoms with E-state index in [1.54, 1.807) is 44.4 Å². The fourth-order valence-corrected chi connectivity index (χ4v) is 4.03. The largest absolute Gasteiger partial charge is 0.497 e. The van der Waals surface area contributed by atoms with Gasteiger partial charge in [-0.3, -0.25) is 4.79 Å². The van der Waals surface area contributed by atoms with Crippen molar-refractivity contribution < 1.29 is 19.1 Å². The molecule has 7 nitrogen and oxygen atoms in total. The minimum Gasteiger partial charge on any atom is -0.497 e. The maximum atomic E-state index is 12.8. The number of nitrogens with zero attached hydrogens (tertiary/aromatic N) is 1. The molecule has 0 spiro atoms. The van der Waals surface area contributed by atoms with Gasteiger partial charge in [0.25, 0.3) is 5.91 Å². The van der Waals surface area contributed by atoms with Gasteiger partial charge in [-0.1, -0.05) is 18.2 Å². The molecule has 0 saturated carbocycles. The molecular weight excluding hydrogens is 426 g/mol. The molecule has 0 radical (unpaired) electrons. The zero-order chi connectivity index (χ0) is 23.3. The second kappa shape index (κ2) is 10.3. The van der Waals surface area contributed by atoms with Gasteiger partial charge >= 0.3 is 5.97 Å². The van der Waals surface area contributed by atoms with Crippen molar-refractivity contribution in [2.45, 2.75) is 26.8 Å². The van der Waals surface area contributed by atoms with Gasteiger partial charge in [0, 0.05) is 23.5 Å². The topological polar surface area (TPSA) is 79.9 Å². The molecule has 1 atom stereocenters. The summed E-state index contributed by atoms with van der Waals surface area (Å²) in [6, 6.07) is 13.8. The van der Waals surface area contributed by atoms with Crippen LogP contribution in [0.25, 0.3) is 0 Å². The van der Waals surface area contributed by atoms with Crippen LogP contribution in [0.2, 0.25) is 0 Å². The predicted octanol–water partition coefficient (Wildman–Crippen LogP) is 4.04. The summed E-state index contributed by atoms with van der Waals surface area (Å²) in [6.07, 6.45) is 0. The van der Waals surface area contributed by atoms with E-state index in [2.05, 4.69) is 10.6 Å². The monoisotopic (exact) mass is 453 g/mol. The Morgan fingerprint density at radius 2 is 1.91 bits per heavy atom. The Balaban J connectivity index is 1.92. The lowest BCUT2D eigenvalue weighted by molar-refractivity contribution is -0.139. The third-order valence-corrected chi connectivity index (χ3v) is 5.56. The lowest BCUT2D eigenvalue weighted by Crippen LogP contribution is -2.47. The van der Waals surface area contributed by atoms with E-state index in [0.29, 0.717) is 34.2 Å². The number of hydrogen-bond acceptors (Lipinski definition) is 5. The number of carbonyl (C=O) groups excluding carboxylic acids is 2. The number of anilines is 1. The molecule has 168 valence electrons. The molecule has 1 aliphatic heterocycles. The van der Waals surface area contributed by atoms with Crippen LogP contribution in [0.3, 0.4) is 0 Å². The minimum absolute atomic E-state index is 0.261. The van der Waals surface area contributed by atoms with Crippen molar-refractivity contribution in [2.75, 3.05) is 25.6 Å². The summed E-state index contributed by atoms with van der Waals surface area (Å²) in [5, 5.41) is 6.69. The molecule has 2 N–H and O–H groups in total. The number of thiocarbonyl (C=S) groups is 1. The standard InChI is InChI=1S/C24H27N3O4S/c1-5-27-15(3)20(23(29)31-6-2)21(26-24(27)32)16-9-7-11-18(13-16)25-22(28)17-10-8-12-19(14-17)30-4/h7-14,21H,5-6H2,1-4H3,(H,25,28)(H,26,32). The minimum atomic E-state index is -0.488. The van der Waals surface area contributed by atoms with Crippen LogP contribution in [0.5, 0.6) is 5.75 Å². The molecule has 1 amide bonds. The number of benzene rings is 2. The van der Waals surface area contributed by atoms with E-state index in [0.717, 1.165) is 11.3 Å². The Kier molecular flexibility index (Phi) is 7.48. The number of esters is 1. The van der Waals surface area contributed by atoms with Crippen molar-refractivity contribution in [3.05, 3.63) is 70.9 Å². The third kappa shape index (κ3) is 4.91. The van der Waals surface area contributed by atoms with Crippen LogP contribution in [-0.4, -0.2) is 42.2 Å². The SMILES string of the molecule is CCOC(=O)C1=C(C)N(CC)C(=S)NC1c1cccc(NC(=O)c2cccc(OC)c2)c1. The zero-order valence-electron chi connectivity index (χ0n) is 18.6. The fraction of sp³-hybridized carbons (Fsp3) is 0.292. The molecule has 3 rings (SSSR count). The lowest BCUT2D eigenvalue weighted by atomic mass is 9.94. The summed E-state index contributed by atoms with van der Waals surface area (Å²) in [4.78, 5) is 27.4. The first-order valence-electron chi connectivity index (χ1n) is 10.4. The van der Waals surface area contributed by atoms with E-state index in [1.165, 1.54) is 0 Å². The number of nitrogens with one attached hydrogen (secondary N) is 2. The van der Waals surface area contributed by atoms with Gasteiger partial charge < -0.3 is 25.0 Å². The molecule has 0 bridgehead atoms. The number of hydrogen-bond donors (Lipinski definition) is 2. The van der Waals surface area contributed by atoms with Gasteiger partial charge in [-0.05, 0) is 68.9 Å². The molecule has 1 aliphatic rings. The molecule has 1 unspecified atom stereocenters. The van der Waals surface area contributed by atoms with Gasteiger partial charge in [0.1, 0.15) is 5.75 Å². The van der Waals surface area contributed by atoms with E-state index in [9.17, 15) is 9.59 Å². The third-order valence-electron chi connectivity index (χ3n) is 5.22. The molecule has 8 heteroatoms. The number of allylic oxidation sites excluding steroid dienone is 1. The van der Waals surface area contributed by atoms with Crippen LogP contribution in [0.4, 0.5) is 5.69 Å². The van der Waals surface area contributed by atoms with Gasteiger partial charge in [0.05, 0.1) is 25.3 Å². The van der Waals surface area contributed by atoms with Crippen molar-refractivity contribution in [1.29, 1.82) is 0 Å². The van der Waals surface area contributed by atoms with Gasteiger partial charge in [-0.15, -0.1) is 0 Å². The molecule has 0 aliphatic carbocycles.